The Morgan fingerprint density at radius 3 is 2.33 bits per heavy atom. The van der Waals surface area contributed by atoms with Gasteiger partial charge in [-0.2, -0.15) is 0 Å². The standard InChI is InChI=1S/C48H67N2O12P/c1-8-56-63(54,57-9-2)25-23-36(35-18-14-11-15-19-35)27-42(51)40(26-31(3)4)49-43(52)41-28-37(29-50(41)46(53)55-30-34-16-12-10-13-17-34)58-44-33(6)39-21-20-32(5)38-22-24-47(7)60-45(59-44)48(38,39)62-61-47/h10-19,23,25,31-33,36-41,44-45H,8-9,20-22,24,26-30H2,1-7H3,(H,49,52)/b25-23+/t32-,33-,36+,37-,38+,39+,40+,41+,44+,45-,47+,48-/m1/s1. The number of nitrogens with one attached hydrogen (secondary N) is 1. The van der Waals surface area contributed by atoms with E-state index in [0.717, 1.165) is 30.4 Å². The van der Waals surface area contributed by atoms with E-state index in [1.807, 2.05) is 81.4 Å². The van der Waals surface area contributed by atoms with Crippen molar-refractivity contribution in [3.63, 3.8) is 0 Å². The summed E-state index contributed by atoms with van der Waals surface area (Å²) in [6, 6.07) is 16.9. The van der Waals surface area contributed by atoms with Gasteiger partial charge >= 0.3 is 13.7 Å². The van der Waals surface area contributed by atoms with Gasteiger partial charge in [0.1, 0.15) is 12.6 Å². The highest BCUT2D eigenvalue weighted by molar-refractivity contribution is 7.57. The number of ketones is 1. The molecule has 5 saturated heterocycles. The second-order valence-electron chi connectivity index (χ2n) is 18.6. The van der Waals surface area contributed by atoms with Crippen LogP contribution < -0.4 is 5.32 Å². The Balaban J connectivity index is 1.10. The van der Waals surface area contributed by atoms with Crippen molar-refractivity contribution in [2.24, 2.45) is 29.6 Å². The number of ether oxygens (including phenoxy) is 4. The van der Waals surface area contributed by atoms with Crippen LogP contribution in [0.5, 0.6) is 0 Å². The van der Waals surface area contributed by atoms with Gasteiger partial charge in [0.25, 0.3) is 0 Å². The zero-order chi connectivity index (χ0) is 44.9. The Morgan fingerprint density at radius 2 is 1.65 bits per heavy atom. The molecule has 0 unspecified atom stereocenters. The molecule has 12 atom stereocenters. The van der Waals surface area contributed by atoms with Gasteiger partial charge in [0.15, 0.2) is 24.0 Å². The lowest BCUT2D eigenvalue weighted by molar-refractivity contribution is -0.578. The van der Waals surface area contributed by atoms with Crippen LogP contribution in [-0.2, 0) is 58.5 Å². The molecule has 5 aliphatic heterocycles. The fourth-order valence-electron chi connectivity index (χ4n) is 10.4. The van der Waals surface area contributed by atoms with E-state index in [9.17, 15) is 18.9 Å². The molecule has 63 heavy (non-hydrogen) atoms. The normalized spacial score (nSPS) is 32.5. The summed E-state index contributed by atoms with van der Waals surface area (Å²) < 4.78 is 50.3. The van der Waals surface area contributed by atoms with E-state index >= 15 is 0 Å². The number of amides is 2. The van der Waals surface area contributed by atoms with Crippen LogP contribution in [0.15, 0.2) is 72.6 Å². The molecule has 1 spiro atoms. The summed E-state index contributed by atoms with van der Waals surface area (Å²) in [5.41, 5.74) is 0.870. The van der Waals surface area contributed by atoms with Crippen molar-refractivity contribution in [2.75, 3.05) is 19.8 Å². The first-order valence-electron chi connectivity index (χ1n) is 23.0. The topological polar surface area (TPSA) is 157 Å². The first kappa shape index (κ1) is 47.5. The average Bonchev–Trinajstić information content (AvgIpc) is 3.56. The maximum Gasteiger partial charge on any atom is 0.410 e. The molecule has 6 fully saturated rings. The number of likely N-dealkylation sites (tertiary alicyclic amines) is 1. The molecule has 2 aromatic carbocycles. The molecule has 1 N–H and O–H groups in total. The third-order valence-corrected chi connectivity index (χ3v) is 15.4. The zero-order valence-electron chi connectivity index (χ0n) is 37.9. The van der Waals surface area contributed by atoms with Crippen LogP contribution in [-0.4, -0.2) is 84.6 Å². The molecule has 1 aliphatic carbocycles. The van der Waals surface area contributed by atoms with Crippen molar-refractivity contribution < 1.29 is 56.7 Å². The monoisotopic (exact) mass is 894 g/mol. The van der Waals surface area contributed by atoms with Crippen molar-refractivity contribution >= 4 is 25.4 Å². The number of allylic oxidation sites excluding steroid dienone is 1. The van der Waals surface area contributed by atoms with E-state index in [1.165, 1.54) is 10.7 Å². The van der Waals surface area contributed by atoms with Gasteiger partial charge in [0.05, 0.1) is 31.9 Å². The lowest BCUT2D eigenvalue weighted by atomic mass is 9.58. The SMILES string of the molecule is CCOP(=O)(/C=C/[C@@H](CC(=O)[C@H](CC(C)C)NC(=O)[C@@H]1C[C@@H](O[C@H]2O[C@@H]3O[C@]4(C)CC[C@H]5[C@H](C)CC[C@@H]([C@H]2C)[C@@]35OO4)CN1C(=O)OCc1ccccc1)c1ccccc1)OCC. The molecule has 2 amide bonds. The van der Waals surface area contributed by atoms with Gasteiger partial charge < -0.3 is 33.3 Å². The lowest BCUT2D eigenvalue weighted by Gasteiger charge is -2.60. The number of benzene rings is 2. The number of hydrogen-bond donors (Lipinski definition) is 1. The molecule has 0 radical (unpaired) electrons. The van der Waals surface area contributed by atoms with Crippen LogP contribution >= 0.6 is 7.60 Å². The average molecular weight is 895 g/mol. The first-order chi connectivity index (χ1) is 30.2. The first-order valence-corrected chi connectivity index (χ1v) is 24.6. The molecule has 6 aliphatic rings. The molecular formula is C48H67N2O12P. The minimum absolute atomic E-state index is 0.00586. The molecule has 15 heteroatoms. The zero-order valence-corrected chi connectivity index (χ0v) is 38.7. The molecule has 1 saturated carbocycles. The molecule has 14 nitrogen and oxygen atoms in total. The number of carbonyl (C=O) groups is 3. The molecule has 2 aromatic rings. The quantitative estimate of drug-likeness (QED) is 0.112. The minimum atomic E-state index is -3.56. The third-order valence-electron chi connectivity index (χ3n) is 13.6. The predicted molar refractivity (Wildman–Crippen MR) is 234 cm³/mol. The number of hydrogen-bond acceptors (Lipinski definition) is 12. The summed E-state index contributed by atoms with van der Waals surface area (Å²) in [5.74, 6) is -0.154. The lowest BCUT2D eigenvalue weighted by Crippen LogP contribution is -2.70. The number of fused-ring (bicyclic) bond motifs is 2. The Kier molecular flexibility index (Phi) is 15.4. The van der Waals surface area contributed by atoms with Crippen molar-refractivity contribution in [3.8, 4) is 0 Å². The molecule has 5 heterocycles. The molecule has 346 valence electrons. The maximum atomic E-state index is 14.6. The van der Waals surface area contributed by atoms with Crippen molar-refractivity contribution in [1.82, 2.24) is 10.2 Å². The maximum absolute atomic E-state index is 14.6. The van der Waals surface area contributed by atoms with Crippen molar-refractivity contribution in [2.45, 2.75) is 148 Å². The van der Waals surface area contributed by atoms with E-state index in [-0.39, 0.29) is 68.7 Å². The Hall–Kier alpha value is -3.46. The Bertz CT molecular complexity index is 1940. The fraction of sp³-hybridized carbons (Fsp3) is 0.646. The largest absolute Gasteiger partial charge is 0.445 e. The summed E-state index contributed by atoms with van der Waals surface area (Å²) in [6.45, 7) is 14.2. The van der Waals surface area contributed by atoms with E-state index < -0.39 is 67.7 Å². The highest BCUT2D eigenvalue weighted by atomic mass is 31.2. The van der Waals surface area contributed by atoms with Crippen LogP contribution in [0.25, 0.3) is 0 Å². The molecule has 0 aromatic heterocycles. The van der Waals surface area contributed by atoms with Crippen LogP contribution in [0.2, 0.25) is 0 Å². The Labute approximate surface area is 372 Å². The second-order valence-corrected chi connectivity index (χ2v) is 20.5. The summed E-state index contributed by atoms with van der Waals surface area (Å²) in [5, 5.41) is 3.05. The van der Waals surface area contributed by atoms with Gasteiger partial charge in [-0.25, -0.2) is 14.6 Å². The van der Waals surface area contributed by atoms with E-state index in [4.69, 9.17) is 37.8 Å². The van der Waals surface area contributed by atoms with Gasteiger partial charge in [-0.1, -0.05) is 94.4 Å². The van der Waals surface area contributed by atoms with E-state index in [0.29, 0.717) is 18.8 Å². The van der Waals surface area contributed by atoms with E-state index in [1.54, 1.807) is 19.9 Å². The minimum Gasteiger partial charge on any atom is -0.445 e. The fourth-order valence-corrected chi connectivity index (χ4v) is 11.8. The molecule has 8 rings (SSSR count). The van der Waals surface area contributed by atoms with Crippen molar-refractivity contribution in [1.29, 1.82) is 0 Å². The van der Waals surface area contributed by atoms with Gasteiger partial charge in [0, 0.05) is 42.8 Å². The number of Topliss-reactive ketones (excluding diaryl/α,β-unsaturated/α-hetero) is 1. The third kappa shape index (κ3) is 10.7. The van der Waals surface area contributed by atoms with Gasteiger partial charge in [-0.15, -0.1) is 0 Å². The van der Waals surface area contributed by atoms with Crippen LogP contribution in [0, 0.1) is 29.6 Å². The summed E-state index contributed by atoms with van der Waals surface area (Å²) in [7, 11) is -3.56. The highest BCUT2D eigenvalue weighted by Crippen LogP contribution is 2.61. The second kappa shape index (κ2) is 20.4. The van der Waals surface area contributed by atoms with Crippen LogP contribution in [0.3, 0.4) is 0 Å². The summed E-state index contributed by atoms with van der Waals surface area (Å²) in [4.78, 5) is 56.7. The van der Waals surface area contributed by atoms with Gasteiger partial charge in [0.2, 0.25) is 11.7 Å². The number of carbonyl (C=O) groups excluding carboxylic acids is 3. The van der Waals surface area contributed by atoms with Gasteiger partial charge in [-0.05, 0) is 75.3 Å². The number of rotatable bonds is 18. The predicted octanol–water partition coefficient (Wildman–Crippen LogP) is 9.04. The summed E-state index contributed by atoms with van der Waals surface area (Å²) in [6.07, 6.45) is 3.04. The smallest absolute Gasteiger partial charge is 0.410 e. The Morgan fingerprint density at radius 1 is 0.952 bits per heavy atom. The molecular weight excluding hydrogens is 828 g/mol. The van der Waals surface area contributed by atoms with Crippen LogP contribution in [0.4, 0.5) is 4.79 Å². The molecule has 2 bridgehead atoms. The van der Waals surface area contributed by atoms with Crippen LogP contribution in [0.1, 0.15) is 110 Å². The van der Waals surface area contributed by atoms with Crippen molar-refractivity contribution in [3.05, 3.63) is 83.7 Å². The van der Waals surface area contributed by atoms with Gasteiger partial charge in [-0.3, -0.25) is 19.1 Å². The summed E-state index contributed by atoms with van der Waals surface area (Å²) >= 11 is 0. The number of nitrogens with zero attached hydrogens (tertiary/aromatic N) is 1. The van der Waals surface area contributed by atoms with E-state index in [2.05, 4.69) is 19.2 Å². The highest BCUT2D eigenvalue weighted by Gasteiger charge is 2.69.